The number of rotatable bonds is 6. The van der Waals surface area contributed by atoms with Crippen LogP contribution in [0.25, 0.3) is 0 Å². The normalized spacial score (nSPS) is 18.9. The van der Waals surface area contributed by atoms with Crippen molar-refractivity contribution in [1.82, 2.24) is 10.2 Å². The fourth-order valence-electron chi connectivity index (χ4n) is 2.70. The quantitative estimate of drug-likeness (QED) is 0.866. The Labute approximate surface area is 136 Å². The van der Waals surface area contributed by atoms with E-state index >= 15 is 0 Å². The third-order valence-corrected chi connectivity index (χ3v) is 3.76. The summed E-state index contributed by atoms with van der Waals surface area (Å²) in [6.07, 6.45) is 2.35. The van der Waals surface area contributed by atoms with E-state index in [4.69, 9.17) is 4.74 Å². The van der Waals surface area contributed by atoms with Crippen LogP contribution in [0.5, 0.6) is 11.5 Å². The lowest BCUT2D eigenvalue weighted by Crippen LogP contribution is -2.43. The second-order valence-electron chi connectivity index (χ2n) is 5.23. The maximum atomic E-state index is 12.3. The molecule has 0 bridgehead atoms. The van der Waals surface area contributed by atoms with E-state index in [1.165, 1.54) is 13.5 Å². The standard InChI is InChI=1S/C15H22F2N2O2.ClH/c1-18-12-4-3-7-19(10-12)9-11-5-6-13(21-15(16)17)14(8-11)20-2;/h5-6,8,12,15,18H,3-4,7,9-10H2,1-2H3;1H. The summed E-state index contributed by atoms with van der Waals surface area (Å²) in [7, 11) is 3.43. The summed E-state index contributed by atoms with van der Waals surface area (Å²) in [5.41, 5.74) is 1.03. The molecular formula is C15H23ClF2N2O2. The minimum absolute atomic E-state index is 0. The first kappa shape index (κ1) is 18.9. The Morgan fingerprint density at radius 1 is 1.36 bits per heavy atom. The number of nitrogens with one attached hydrogen (secondary N) is 1. The molecular weight excluding hydrogens is 314 g/mol. The average molecular weight is 337 g/mol. The van der Waals surface area contributed by atoms with Gasteiger partial charge >= 0.3 is 6.61 Å². The van der Waals surface area contributed by atoms with Gasteiger partial charge in [0.05, 0.1) is 7.11 Å². The predicted octanol–water partition coefficient (Wildman–Crippen LogP) is 2.90. The van der Waals surface area contributed by atoms with Crippen molar-refractivity contribution in [2.24, 2.45) is 0 Å². The summed E-state index contributed by atoms with van der Waals surface area (Å²) in [6.45, 7) is -0.0175. The number of likely N-dealkylation sites (N-methyl/N-ethyl adjacent to an activating group) is 1. The molecule has 7 heteroatoms. The fraction of sp³-hybridized carbons (Fsp3) is 0.600. The molecule has 0 spiro atoms. The molecule has 1 N–H and O–H groups in total. The third kappa shape index (κ3) is 5.26. The fourth-order valence-corrected chi connectivity index (χ4v) is 2.70. The summed E-state index contributed by atoms with van der Waals surface area (Å²) >= 11 is 0. The minimum atomic E-state index is -2.84. The molecule has 1 heterocycles. The van der Waals surface area contributed by atoms with Crippen LogP contribution in [0.3, 0.4) is 0 Å². The molecule has 126 valence electrons. The first-order valence-electron chi connectivity index (χ1n) is 7.13. The number of hydrogen-bond acceptors (Lipinski definition) is 4. The van der Waals surface area contributed by atoms with Gasteiger partial charge in [0.2, 0.25) is 0 Å². The van der Waals surface area contributed by atoms with E-state index in [2.05, 4.69) is 15.0 Å². The van der Waals surface area contributed by atoms with E-state index in [1.807, 2.05) is 13.1 Å². The van der Waals surface area contributed by atoms with Crippen molar-refractivity contribution in [3.8, 4) is 11.5 Å². The smallest absolute Gasteiger partial charge is 0.387 e. The molecule has 0 radical (unpaired) electrons. The molecule has 0 saturated carbocycles. The minimum Gasteiger partial charge on any atom is -0.493 e. The van der Waals surface area contributed by atoms with Crippen molar-refractivity contribution in [1.29, 1.82) is 0 Å². The number of halogens is 3. The van der Waals surface area contributed by atoms with E-state index in [-0.39, 0.29) is 18.2 Å². The van der Waals surface area contributed by atoms with Gasteiger partial charge in [-0.1, -0.05) is 6.07 Å². The lowest BCUT2D eigenvalue weighted by atomic mass is 10.0. The lowest BCUT2D eigenvalue weighted by molar-refractivity contribution is -0.0512. The van der Waals surface area contributed by atoms with Crippen LogP contribution in [0.2, 0.25) is 0 Å². The van der Waals surface area contributed by atoms with Crippen molar-refractivity contribution < 1.29 is 18.3 Å². The molecule has 0 amide bonds. The van der Waals surface area contributed by atoms with Gasteiger partial charge in [0.15, 0.2) is 11.5 Å². The highest BCUT2D eigenvalue weighted by Gasteiger charge is 2.19. The SMILES string of the molecule is CNC1CCCN(Cc2ccc(OC(F)F)c(OC)c2)C1.Cl. The predicted molar refractivity (Wildman–Crippen MR) is 84.2 cm³/mol. The van der Waals surface area contributed by atoms with Gasteiger partial charge in [0, 0.05) is 19.1 Å². The van der Waals surface area contributed by atoms with Crippen LogP contribution >= 0.6 is 12.4 Å². The van der Waals surface area contributed by atoms with Gasteiger partial charge in [-0.3, -0.25) is 4.90 Å². The Bertz CT molecular complexity index is 463. The van der Waals surface area contributed by atoms with Crippen LogP contribution in [0.4, 0.5) is 8.78 Å². The zero-order valence-electron chi connectivity index (χ0n) is 12.9. The van der Waals surface area contributed by atoms with Crippen molar-refractivity contribution >= 4 is 12.4 Å². The molecule has 2 rings (SSSR count). The highest BCUT2D eigenvalue weighted by molar-refractivity contribution is 5.85. The van der Waals surface area contributed by atoms with Crippen LogP contribution < -0.4 is 14.8 Å². The maximum absolute atomic E-state index is 12.3. The molecule has 1 fully saturated rings. The zero-order valence-corrected chi connectivity index (χ0v) is 13.7. The van der Waals surface area contributed by atoms with E-state index in [1.54, 1.807) is 12.1 Å². The summed E-state index contributed by atoms with van der Waals surface area (Å²) in [5, 5.41) is 3.30. The van der Waals surface area contributed by atoms with E-state index in [0.29, 0.717) is 11.8 Å². The topological polar surface area (TPSA) is 33.7 Å². The number of piperidine rings is 1. The Morgan fingerprint density at radius 3 is 2.77 bits per heavy atom. The molecule has 1 saturated heterocycles. The molecule has 1 aliphatic rings. The van der Waals surface area contributed by atoms with Crippen molar-refractivity contribution in [3.63, 3.8) is 0 Å². The first-order valence-corrected chi connectivity index (χ1v) is 7.13. The molecule has 1 atom stereocenters. The summed E-state index contributed by atoms with van der Waals surface area (Å²) in [6, 6.07) is 5.63. The largest absolute Gasteiger partial charge is 0.493 e. The van der Waals surface area contributed by atoms with Crippen LogP contribution in [0, 0.1) is 0 Å². The number of benzene rings is 1. The lowest BCUT2D eigenvalue weighted by Gasteiger charge is -2.32. The zero-order chi connectivity index (χ0) is 15.2. The van der Waals surface area contributed by atoms with E-state index in [0.717, 1.165) is 31.6 Å². The molecule has 1 aromatic rings. The number of nitrogens with zero attached hydrogens (tertiary/aromatic N) is 1. The third-order valence-electron chi connectivity index (χ3n) is 3.76. The number of methoxy groups -OCH3 is 1. The van der Waals surface area contributed by atoms with Crippen molar-refractivity contribution in [2.45, 2.75) is 32.0 Å². The second kappa shape index (κ2) is 9.12. The average Bonchev–Trinajstić information content (AvgIpc) is 2.48. The molecule has 4 nitrogen and oxygen atoms in total. The Hall–Kier alpha value is -1.11. The van der Waals surface area contributed by atoms with Gasteiger partial charge in [-0.2, -0.15) is 8.78 Å². The molecule has 22 heavy (non-hydrogen) atoms. The monoisotopic (exact) mass is 336 g/mol. The van der Waals surface area contributed by atoms with Crippen molar-refractivity contribution in [2.75, 3.05) is 27.2 Å². The number of alkyl halides is 2. The van der Waals surface area contributed by atoms with E-state index in [9.17, 15) is 8.78 Å². The van der Waals surface area contributed by atoms with Gasteiger partial charge in [0.1, 0.15) is 0 Å². The highest BCUT2D eigenvalue weighted by atomic mass is 35.5. The molecule has 1 unspecified atom stereocenters. The molecule has 1 aromatic carbocycles. The van der Waals surface area contributed by atoms with Gasteiger partial charge in [-0.15, -0.1) is 12.4 Å². The number of likely N-dealkylation sites (tertiary alicyclic amines) is 1. The summed E-state index contributed by atoms with van der Waals surface area (Å²) < 4.78 is 34.2. The van der Waals surface area contributed by atoms with Gasteiger partial charge < -0.3 is 14.8 Å². The Kier molecular flexibility index (Phi) is 7.85. The highest BCUT2D eigenvalue weighted by Crippen LogP contribution is 2.30. The Morgan fingerprint density at radius 2 is 2.14 bits per heavy atom. The van der Waals surface area contributed by atoms with E-state index < -0.39 is 6.61 Å². The molecule has 0 aromatic heterocycles. The van der Waals surface area contributed by atoms with Crippen LogP contribution in [0.1, 0.15) is 18.4 Å². The van der Waals surface area contributed by atoms with Crippen LogP contribution in [-0.4, -0.2) is 44.8 Å². The van der Waals surface area contributed by atoms with Crippen LogP contribution in [0.15, 0.2) is 18.2 Å². The summed E-state index contributed by atoms with van der Waals surface area (Å²) in [4.78, 5) is 2.35. The van der Waals surface area contributed by atoms with Gasteiger partial charge in [0.25, 0.3) is 0 Å². The maximum Gasteiger partial charge on any atom is 0.387 e. The second-order valence-corrected chi connectivity index (χ2v) is 5.23. The molecule has 1 aliphatic heterocycles. The number of hydrogen-bond donors (Lipinski definition) is 1. The summed E-state index contributed by atoms with van der Waals surface area (Å²) in [5.74, 6) is 0.415. The molecule has 0 aliphatic carbocycles. The van der Waals surface area contributed by atoms with Gasteiger partial charge in [-0.05, 0) is 44.1 Å². The number of ether oxygens (including phenoxy) is 2. The first-order chi connectivity index (χ1) is 10.1. The Balaban J connectivity index is 0.00000242. The van der Waals surface area contributed by atoms with Crippen molar-refractivity contribution in [3.05, 3.63) is 23.8 Å². The van der Waals surface area contributed by atoms with Gasteiger partial charge in [-0.25, -0.2) is 0 Å². The van der Waals surface area contributed by atoms with Crippen LogP contribution in [-0.2, 0) is 6.54 Å².